The highest BCUT2D eigenvalue weighted by atomic mass is 16.6. The molecular formula is C20H25N3O4. The maximum atomic E-state index is 12.3. The molecule has 7 nitrogen and oxygen atoms in total. The van der Waals surface area contributed by atoms with E-state index in [1.165, 1.54) is 0 Å². The predicted octanol–water partition coefficient (Wildman–Crippen LogP) is 2.48. The first-order valence-electron chi connectivity index (χ1n) is 9.02. The lowest BCUT2D eigenvalue weighted by molar-refractivity contribution is -0.158. The number of carbonyl (C=O) groups is 2. The lowest BCUT2D eigenvalue weighted by Crippen LogP contribution is -2.45. The van der Waals surface area contributed by atoms with E-state index in [1.54, 1.807) is 18.2 Å². The number of carboxylic acid groups (broad SMARTS) is 1. The number of hydrogen-bond acceptors (Lipinski definition) is 5. The number of imidazole rings is 1. The average molecular weight is 371 g/mol. The van der Waals surface area contributed by atoms with Crippen molar-refractivity contribution in [3.8, 4) is 11.3 Å². The van der Waals surface area contributed by atoms with Gasteiger partial charge in [0.2, 0.25) is 0 Å². The number of nitrogens with zero attached hydrogens (tertiary/aromatic N) is 2. The number of carbonyl (C=O) groups excluding carboxylic acids is 1. The van der Waals surface area contributed by atoms with E-state index in [4.69, 9.17) is 15.6 Å². The first-order chi connectivity index (χ1) is 12.6. The van der Waals surface area contributed by atoms with Crippen molar-refractivity contribution in [2.75, 3.05) is 0 Å². The summed E-state index contributed by atoms with van der Waals surface area (Å²) in [6, 6.07) is 6.03. The Morgan fingerprint density at radius 1 is 1.37 bits per heavy atom. The van der Waals surface area contributed by atoms with E-state index in [2.05, 4.69) is 4.98 Å². The molecule has 2 aromatic rings. The highest BCUT2D eigenvalue weighted by Gasteiger charge is 2.32. The van der Waals surface area contributed by atoms with E-state index in [1.807, 2.05) is 37.6 Å². The highest BCUT2D eigenvalue weighted by Crippen LogP contribution is 2.27. The van der Waals surface area contributed by atoms with Gasteiger partial charge < -0.3 is 20.1 Å². The van der Waals surface area contributed by atoms with Crippen molar-refractivity contribution in [1.29, 1.82) is 0 Å². The number of aryl methyl sites for hydroxylation is 1. The maximum absolute atomic E-state index is 12.3. The van der Waals surface area contributed by atoms with E-state index < -0.39 is 17.6 Å². The number of nitrogens with two attached hydrogens (primary N) is 1. The summed E-state index contributed by atoms with van der Waals surface area (Å²) in [5.41, 5.74) is 7.29. The highest BCUT2D eigenvalue weighted by molar-refractivity contribution is 5.89. The Hall–Kier alpha value is -2.67. The van der Waals surface area contributed by atoms with Crippen LogP contribution in [0.2, 0.25) is 0 Å². The molecule has 0 radical (unpaired) electrons. The summed E-state index contributed by atoms with van der Waals surface area (Å²) in [7, 11) is 0. The van der Waals surface area contributed by atoms with Crippen LogP contribution in [0.15, 0.2) is 30.5 Å². The molecule has 2 heterocycles. The topological polar surface area (TPSA) is 107 Å². The van der Waals surface area contributed by atoms with Crippen molar-refractivity contribution in [2.24, 2.45) is 11.7 Å². The largest absolute Gasteiger partial charge is 0.478 e. The van der Waals surface area contributed by atoms with E-state index >= 15 is 0 Å². The molecule has 3 N–H and O–H groups in total. The van der Waals surface area contributed by atoms with Gasteiger partial charge in [0, 0.05) is 30.6 Å². The molecule has 1 aromatic heterocycles. The molecule has 0 saturated carbocycles. The zero-order valence-electron chi connectivity index (χ0n) is 15.8. The number of rotatable bonds is 4. The van der Waals surface area contributed by atoms with E-state index in [0.717, 1.165) is 23.5 Å². The number of benzene rings is 1. The molecule has 1 aliphatic rings. The Kier molecular flexibility index (Phi) is 5.06. The quantitative estimate of drug-likeness (QED) is 0.800. The second-order valence-corrected chi connectivity index (χ2v) is 7.94. The van der Waals surface area contributed by atoms with Crippen LogP contribution in [0.1, 0.15) is 43.4 Å². The van der Waals surface area contributed by atoms with Gasteiger partial charge >= 0.3 is 11.9 Å². The minimum atomic E-state index is -0.968. The Morgan fingerprint density at radius 2 is 2.11 bits per heavy atom. The maximum Gasteiger partial charge on any atom is 0.335 e. The molecule has 0 aliphatic carbocycles. The van der Waals surface area contributed by atoms with Crippen molar-refractivity contribution in [3.05, 3.63) is 41.9 Å². The van der Waals surface area contributed by atoms with Crippen LogP contribution >= 0.6 is 0 Å². The van der Waals surface area contributed by atoms with Crippen LogP contribution in [0.5, 0.6) is 0 Å². The molecule has 27 heavy (non-hydrogen) atoms. The summed E-state index contributed by atoms with van der Waals surface area (Å²) in [5.74, 6) is -0.465. The molecule has 2 unspecified atom stereocenters. The summed E-state index contributed by atoms with van der Waals surface area (Å²) in [4.78, 5) is 28.1. The number of hydrogen-bond donors (Lipinski definition) is 2. The third-order valence-corrected chi connectivity index (χ3v) is 4.62. The van der Waals surface area contributed by atoms with Gasteiger partial charge in [0.1, 0.15) is 17.5 Å². The van der Waals surface area contributed by atoms with Crippen LogP contribution in [-0.2, 0) is 22.5 Å². The van der Waals surface area contributed by atoms with Crippen LogP contribution in [-0.4, -0.2) is 38.2 Å². The van der Waals surface area contributed by atoms with Gasteiger partial charge in [-0.2, -0.15) is 0 Å². The van der Waals surface area contributed by atoms with Crippen molar-refractivity contribution >= 4 is 11.9 Å². The number of esters is 1. The SMILES string of the molecule is CC(C)(C)OC(=O)C(N)C1CCc2nc(-c3cccc(C(=O)O)c3)cn2C1. The molecule has 0 amide bonds. The van der Waals surface area contributed by atoms with Crippen LogP contribution in [0.3, 0.4) is 0 Å². The van der Waals surface area contributed by atoms with Gasteiger partial charge in [-0.25, -0.2) is 9.78 Å². The molecule has 0 fully saturated rings. The van der Waals surface area contributed by atoms with Crippen LogP contribution in [0.25, 0.3) is 11.3 Å². The number of ether oxygens (including phenoxy) is 1. The van der Waals surface area contributed by atoms with Gasteiger partial charge in [-0.05, 0) is 39.3 Å². The summed E-state index contributed by atoms with van der Waals surface area (Å²) < 4.78 is 7.41. The molecular weight excluding hydrogens is 346 g/mol. The van der Waals surface area contributed by atoms with Crippen molar-refractivity contribution in [3.63, 3.8) is 0 Å². The van der Waals surface area contributed by atoms with Gasteiger partial charge in [-0.3, -0.25) is 4.79 Å². The second-order valence-electron chi connectivity index (χ2n) is 7.94. The minimum absolute atomic E-state index is 0.0280. The normalized spacial score (nSPS) is 17.9. The van der Waals surface area contributed by atoms with E-state index in [-0.39, 0.29) is 17.5 Å². The molecule has 1 aromatic carbocycles. The number of carboxylic acids is 1. The standard InChI is InChI=1S/C20H25N3O4/c1-20(2,3)27-19(26)17(21)14-7-8-16-22-15(11-23(16)10-14)12-5-4-6-13(9-12)18(24)25/h4-6,9,11,14,17H,7-8,10,21H2,1-3H3,(H,24,25). The number of fused-ring (bicyclic) bond motifs is 1. The van der Waals surface area contributed by atoms with Gasteiger partial charge in [0.15, 0.2) is 0 Å². The van der Waals surface area contributed by atoms with E-state index in [9.17, 15) is 9.59 Å². The van der Waals surface area contributed by atoms with Gasteiger partial charge in [-0.15, -0.1) is 0 Å². The van der Waals surface area contributed by atoms with Gasteiger partial charge in [0.25, 0.3) is 0 Å². The fourth-order valence-corrected chi connectivity index (χ4v) is 3.28. The van der Waals surface area contributed by atoms with Crippen molar-refractivity contribution in [2.45, 2.75) is 51.8 Å². The minimum Gasteiger partial charge on any atom is -0.478 e. The molecule has 0 spiro atoms. The fraction of sp³-hybridized carbons (Fsp3) is 0.450. The Morgan fingerprint density at radius 3 is 2.78 bits per heavy atom. The molecule has 7 heteroatoms. The zero-order chi connectivity index (χ0) is 19.8. The van der Waals surface area contributed by atoms with Gasteiger partial charge in [0.05, 0.1) is 11.3 Å². The molecule has 0 saturated heterocycles. The fourth-order valence-electron chi connectivity index (χ4n) is 3.28. The lowest BCUT2D eigenvalue weighted by atomic mass is 9.92. The summed E-state index contributed by atoms with van der Waals surface area (Å²) in [6.45, 7) is 6.05. The van der Waals surface area contributed by atoms with Crippen LogP contribution in [0, 0.1) is 5.92 Å². The molecule has 144 valence electrons. The third-order valence-electron chi connectivity index (χ3n) is 4.62. The van der Waals surface area contributed by atoms with Gasteiger partial charge in [-0.1, -0.05) is 12.1 Å². The first kappa shape index (κ1) is 19.1. The lowest BCUT2D eigenvalue weighted by Gasteiger charge is -2.29. The molecule has 1 aliphatic heterocycles. The Balaban J connectivity index is 1.77. The van der Waals surface area contributed by atoms with Crippen LogP contribution in [0.4, 0.5) is 0 Å². The van der Waals surface area contributed by atoms with Crippen molar-refractivity contribution < 1.29 is 19.4 Å². The smallest absolute Gasteiger partial charge is 0.335 e. The summed E-state index contributed by atoms with van der Waals surface area (Å²) >= 11 is 0. The molecule has 2 atom stereocenters. The zero-order valence-corrected chi connectivity index (χ0v) is 15.8. The number of aromatic nitrogens is 2. The Labute approximate surface area is 158 Å². The van der Waals surface area contributed by atoms with Crippen LogP contribution < -0.4 is 5.73 Å². The van der Waals surface area contributed by atoms with Crippen molar-refractivity contribution in [1.82, 2.24) is 9.55 Å². The summed E-state index contributed by atoms with van der Waals surface area (Å²) in [5, 5.41) is 9.16. The predicted molar refractivity (Wildman–Crippen MR) is 100 cm³/mol. The number of aromatic carboxylic acids is 1. The monoisotopic (exact) mass is 371 g/mol. The van der Waals surface area contributed by atoms with E-state index in [0.29, 0.717) is 13.0 Å². The second kappa shape index (κ2) is 7.15. The third kappa shape index (κ3) is 4.36. The Bertz CT molecular complexity index is 866. The summed E-state index contributed by atoms with van der Waals surface area (Å²) in [6.07, 6.45) is 3.36. The molecule has 0 bridgehead atoms. The first-order valence-corrected chi connectivity index (χ1v) is 9.02. The average Bonchev–Trinajstić information content (AvgIpc) is 3.03. The molecule has 3 rings (SSSR count).